The van der Waals surface area contributed by atoms with Gasteiger partial charge >= 0.3 is 0 Å². The number of rotatable bonds is 5. The lowest BCUT2D eigenvalue weighted by Gasteiger charge is -2.23. The van der Waals surface area contributed by atoms with Gasteiger partial charge in [0.05, 0.1) is 6.33 Å². The monoisotopic (exact) mass is 323 g/mol. The number of fused-ring (bicyclic) bond motifs is 1. The van der Waals surface area contributed by atoms with Gasteiger partial charge in [0.25, 0.3) is 10.0 Å². The van der Waals surface area contributed by atoms with Crippen LogP contribution < -0.4 is 4.72 Å². The molecule has 120 valence electrons. The van der Waals surface area contributed by atoms with Gasteiger partial charge in [0, 0.05) is 44.1 Å². The van der Waals surface area contributed by atoms with Crippen LogP contribution in [-0.4, -0.2) is 34.1 Å². The van der Waals surface area contributed by atoms with Crippen molar-refractivity contribution < 1.29 is 8.42 Å². The minimum absolute atomic E-state index is 0.0820. The molecule has 0 aliphatic carbocycles. The van der Waals surface area contributed by atoms with Crippen molar-refractivity contribution in [3.8, 4) is 0 Å². The Morgan fingerprint density at radius 3 is 2.95 bits per heavy atom. The van der Waals surface area contributed by atoms with Crippen molar-refractivity contribution in [3.05, 3.63) is 30.7 Å². The van der Waals surface area contributed by atoms with Gasteiger partial charge in [-0.3, -0.25) is 0 Å². The van der Waals surface area contributed by atoms with Gasteiger partial charge in [-0.1, -0.05) is 0 Å². The summed E-state index contributed by atoms with van der Waals surface area (Å²) in [6, 6.07) is 0.189. The van der Waals surface area contributed by atoms with E-state index in [1.54, 1.807) is 23.3 Å². The molecule has 22 heavy (non-hydrogen) atoms. The first kappa shape index (κ1) is 15.2. The Bertz CT molecular complexity index is 747. The Balaban J connectivity index is 1.63. The van der Waals surface area contributed by atoms with Gasteiger partial charge < -0.3 is 9.13 Å². The molecule has 3 heterocycles. The third-order valence-corrected chi connectivity index (χ3v) is 5.37. The average Bonchev–Trinajstić information content (AvgIpc) is 3.13. The van der Waals surface area contributed by atoms with E-state index in [-0.39, 0.29) is 17.0 Å². The van der Waals surface area contributed by atoms with E-state index < -0.39 is 10.0 Å². The zero-order chi connectivity index (χ0) is 15.7. The second-order valence-electron chi connectivity index (χ2n) is 6.00. The number of sulfonamides is 1. The molecule has 7 nitrogen and oxygen atoms in total. The van der Waals surface area contributed by atoms with Crippen molar-refractivity contribution >= 4 is 10.0 Å². The predicted octanol–water partition coefficient (Wildman–Crippen LogP) is 1.20. The highest BCUT2D eigenvalue weighted by molar-refractivity contribution is 7.89. The largest absolute Gasteiger partial charge is 0.335 e. The van der Waals surface area contributed by atoms with Gasteiger partial charge in [0.2, 0.25) is 0 Å². The Hall–Kier alpha value is -1.67. The van der Waals surface area contributed by atoms with Crippen LogP contribution in [0.3, 0.4) is 0 Å². The molecule has 2 aromatic rings. The lowest BCUT2D eigenvalue weighted by atomic mass is 9.98. The van der Waals surface area contributed by atoms with E-state index in [0.29, 0.717) is 6.54 Å². The Labute approximate surface area is 130 Å². The van der Waals surface area contributed by atoms with E-state index in [4.69, 9.17) is 0 Å². The number of nitrogens with one attached hydrogen (secondary N) is 1. The number of aryl methyl sites for hydroxylation is 1. The third-order valence-electron chi connectivity index (χ3n) is 4.06. The number of hydrogen-bond donors (Lipinski definition) is 1. The smallest absolute Gasteiger partial charge is 0.259 e. The van der Waals surface area contributed by atoms with Crippen molar-refractivity contribution in [1.82, 2.24) is 23.8 Å². The maximum atomic E-state index is 12.3. The van der Waals surface area contributed by atoms with E-state index in [1.807, 2.05) is 20.0 Å². The molecule has 1 N–H and O–H groups in total. The molecule has 0 saturated heterocycles. The van der Waals surface area contributed by atoms with Gasteiger partial charge in [0.1, 0.15) is 5.82 Å². The summed E-state index contributed by atoms with van der Waals surface area (Å²) in [6.45, 7) is 5.28. The van der Waals surface area contributed by atoms with Gasteiger partial charge in [-0.2, -0.15) is 0 Å². The maximum Gasteiger partial charge on any atom is 0.259 e. The fourth-order valence-electron chi connectivity index (χ4n) is 2.63. The van der Waals surface area contributed by atoms with Gasteiger partial charge in [-0.25, -0.2) is 23.1 Å². The highest BCUT2D eigenvalue weighted by Crippen LogP contribution is 2.19. The summed E-state index contributed by atoms with van der Waals surface area (Å²) in [7, 11) is -3.55. The van der Waals surface area contributed by atoms with Crippen molar-refractivity contribution in [2.45, 2.75) is 44.3 Å². The quantitative estimate of drug-likeness (QED) is 0.896. The SMILES string of the molecule is CC(C)n1cnc(S(=O)(=O)NCC2CCn3ccnc3C2)c1. The molecular weight excluding hydrogens is 302 g/mol. The highest BCUT2D eigenvalue weighted by atomic mass is 32.2. The lowest BCUT2D eigenvalue weighted by molar-refractivity contribution is 0.379. The first-order valence-corrected chi connectivity index (χ1v) is 8.97. The Morgan fingerprint density at radius 2 is 2.23 bits per heavy atom. The van der Waals surface area contributed by atoms with E-state index >= 15 is 0 Å². The van der Waals surface area contributed by atoms with E-state index in [1.165, 1.54) is 0 Å². The minimum Gasteiger partial charge on any atom is -0.335 e. The third kappa shape index (κ3) is 3.07. The summed E-state index contributed by atoms with van der Waals surface area (Å²) in [5.41, 5.74) is 0. The number of aromatic nitrogens is 4. The van der Waals surface area contributed by atoms with Gasteiger partial charge in [-0.15, -0.1) is 0 Å². The molecule has 0 radical (unpaired) electrons. The summed E-state index contributed by atoms with van der Waals surface area (Å²) < 4.78 is 31.2. The highest BCUT2D eigenvalue weighted by Gasteiger charge is 2.23. The molecule has 0 bridgehead atoms. The fraction of sp³-hybridized carbons (Fsp3) is 0.571. The summed E-state index contributed by atoms with van der Waals surface area (Å²) in [4.78, 5) is 8.30. The summed E-state index contributed by atoms with van der Waals surface area (Å²) in [6.07, 6.45) is 8.63. The standard InChI is InChI=1S/C14H21N5O2S/c1-11(2)19-9-14(16-10-19)22(20,21)17-8-12-3-5-18-6-4-15-13(18)7-12/h4,6,9-12,17H,3,5,7-8H2,1-2H3. The first-order valence-electron chi connectivity index (χ1n) is 7.49. The van der Waals surface area contributed by atoms with Crippen LogP contribution in [0.15, 0.2) is 29.9 Å². The topological polar surface area (TPSA) is 81.8 Å². The minimum atomic E-state index is -3.55. The molecule has 3 rings (SSSR count). The van der Waals surface area contributed by atoms with E-state index in [0.717, 1.165) is 25.2 Å². The molecule has 0 aromatic carbocycles. The molecule has 0 spiro atoms. The zero-order valence-electron chi connectivity index (χ0n) is 12.8. The van der Waals surface area contributed by atoms with Crippen LogP contribution in [0.4, 0.5) is 0 Å². The van der Waals surface area contributed by atoms with E-state index in [2.05, 4.69) is 19.3 Å². The maximum absolute atomic E-state index is 12.3. The van der Waals surface area contributed by atoms with Crippen molar-refractivity contribution in [1.29, 1.82) is 0 Å². The van der Waals surface area contributed by atoms with Crippen LogP contribution in [0.2, 0.25) is 0 Å². The van der Waals surface area contributed by atoms with Crippen LogP contribution in [-0.2, 0) is 23.0 Å². The van der Waals surface area contributed by atoms with Gasteiger partial charge in [0.15, 0.2) is 5.03 Å². The zero-order valence-corrected chi connectivity index (χ0v) is 13.6. The molecule has 1 aliphatic rings. The van der Waals surface area contributed by atoms with Gasteiger partial charge in [-0.05, 0) is 26.2 Å². The second-order valence-corrected chi connectivity index (χ2v) is 7.71. The summed E-state index contributed by atoms with van der Waals surface area (Å²) in [5, 5.41) is 0.0820. The van der Waals surface area contributed by atoms with Crippen LogP contribution >= 0.6 is 0 Å². The normalized spacial score (nSPS) is 18.6. The second kappa shape index (κ2) is 5.85. The molecule has 0 amide bonds. The Morgan fingerprint density at radius 1 is 1.41 bits per heavy atom. The van der Waals surface area contributed by atoms with E-state index in [9.17, 15) is 8.42 Å². The molecular formula is C14H21N5O2S. The first-order chi connectivity index (χ1) is 10.5. The van der Waals surface area contributed by atoms with Crippen LogP contribution in [0.25, 0.3) is 0 Å². The predicted molar refractivity (Wildman–Crippen MR) is 81.8 cm³/mol. The lowest BCUT2D eigenvalue weighted by Crippen LogP contribution is -2.33. The summed E-state index contributed by atoms with van der Waals surface area (Å²) >= 11 is 0. The average molecular weight is 323 g/mol. The molecule has 1 aliphatic heterocycles. The summed E-state index contributed by atoms with van der Waals surface area (Å²) in [5.74, 6) is 1.30. The van der Waals surface area contributed by atoms with Crippen molar-refractivity contribution in [2.24, 2.45) is 5.92 Å². The number of nitrogens with zero attached hydrogens (tertiary/aromatic N) is 4. The van der Waals surface area contributed by atoms with Crippen molar-refractivity contribution in [2.75, 3.05) is 6.54 Å². The van der Waals surface area contributed by atoms with Crippen LogP contribution in [0.5, 0.6) is 0 Å². The van der Waals surface area contributed by atoms with Crippen molar-refractivity contribution in [3.63, 3.8) is 0 Å². The molecule has 1 atom stereocenters. The molecule has 0 fully saturated rings. The molecule has 1 unspecified atom stereocenters. The molecule has 0 saturated carbocycles. The molecule has 8 heteroatoms. The number of imidazole rings is 2. The Kier molecular flexibility index (Phi) is 4.05. The number of hydrogen-bond acceptors (Lipinski definition) is 4. The van der Waals surface area contributed by atoms with Crippen LogP contribution in [0, 0.1) is 5.92 Å². The molecule has 2 aromatic heterocycles. The fourth-order valence-corrected chi connectivity index (χ4v) is 3.68. The van der Waals surface area contributed by atoms with Crippen LogP contribution in [0.1, 0.15) is 32.1 Å².